The largest absolute Gasteiger partial charge is 0.390 e. The maximum absolute atomic E-state index is 12.8. The topological polar surface area (TPSA) is 67.1 Å². The zero-order valence-electron chi connectivity index (χ0n) is 13.9. The molecule has 6 nitrogen and oxygen atoms in total. The van der Waals surface area contributed by atoms with Gasteiger partial charge in [0.1, 0.15) is 11.3 Å². The first kappa shape index (κ1) is 15.6. The lowest BCUT2D eigenvalue weighted by Crippen LogP contribution is -2.56. The van der Waals surface area contributed by atoms with Gasteiger partial charge in [-0.15, -0.1) is 0 Å². The van der Waals surface area contributed by atoms with Crippen LogP contribution in [0.15, 0.2) is 24.5 Å². The van der Waals surface area contributed by atoms with Crippen molar-refractivity contribution in [1.82, 2.24) is 14.3 Å². The molecule has 0 radical (unpaired) electrons. The summed E-state index contributed by atoms with van der Waals surface area (Å²) in [5, 5.41) is 10.3. The van der Waals surface area contributed by atoms with Crippen molar-refractivity contribution in [3.63, 3.8) is 0 Å². The Morgan fingerprint density at radius 3 is 2.92 bits per heavy atom. The van der Waals surface area contributed by atoms with Crippen molar-refractivity contribution in [2.24, 2.45) is 0 Å². The van der Waals surface area contributed by atoms with Crippen LogP contribution >= 0.6 is 0 Å². The lowest BCUT2D eigenvalue weighted by atomic mass is 9.82. The van der Waals surface area contributed by atoms with E-state index in [1.54, 1.807) is 6.20 Å². The third-order valence-corrected chi connectivity index (χ3v) is 5.41. The number of imidazole rings is 1. The normalized spacial score (nSPS) is 23.8. The van der Waals surface area contributed by atoms with Crippen LogP contribution in [0.4, 0.5) is 0 Å². The highest BCUT2D eigenvalue weighted by Gasteiger charge is 2.44. The molecule has 2 fully saturated rings. The summed E-state index contributed by atoms with van der Waals surface area (Å²) in [6, 6.07) is 3.94. The van der Waals surface area contributed by atoms with Crippen LogP contribution in [0.5, 0.6) is 0 Å². The number of piperidine rings is 1. The smallest absolute Gasteiger partial charge is 0.274 e. The number of nitrogens with zero attached hydrogens (tertiary/aromatic N) is 3. The number of pyridine rings is 1. The summed E-state index contributed by atoms with van der Waals surface area (Å²) in [5.74, 6) is -0.0433. The SMILES string of the molecule is Cc1cccn2cc(C(=O)N3CCC4(CC3)OCCC[C@H]4O)nc12. The molecule has 2 saturated heterocycles. The van der Waals surface area contributed by atoms with Gasteiger partial charge in [0.15, 0.2) is 0 Å². The Balaban J connectivity index is 1.50. The van der Waals surface area contributed by atoms with Crippen molar-refractivity contribution >= 4 is 11.6 Å². The van der Waals surface area contributed by atoms with Crippen molar-refractivity contribution in [2.45, 2.75) is 44.3 Å². The fraction of sp³-hybridized carbons (Fsp3) is 0.556. The van der Waals surface area contributed by atoms with Crippen molar-refractivity contribution in [3.8, 4) is 0 Å². The van der Waals surface area contributed by atoms with Gasteiger partial charge in [0.25, 0.3) is 5.91 Å². The van der Waals surface area contributed by atoms with E-state index in [2.05, 4.69) is 4.98 Å². The van der Waals surface area contributed by atoms with Gasteiger partial charge in [-0.3, -0.25) is 4.79 Å². The highest BCUT2D eigenvalue weighted by atomic mass is 16.5. The number of amides is 1. The Kier molecular flexibility index (Phi) is 3.81. The van der Waals surface area contributed by atoms with Gasteiger partial charge in [-0.1, -0.05) is 6.07 Å². The Hall–Kier alpha value is -1.92. The summed E-state index contributed by atoms with van der Waals surface area (Å²) < 4.78 is 7.80. The molecule has 4 rings (SSSR count). The number of likely N-dealkylation sites (tertiary alicyclic amines) is 1. The Labute approximate surface area is 141 Å². The number of hydrogen-bond donors (Lipinski definition) is 1. The summed E-state index contributed by atoms with van der Waals surface area (Å²) in [6.45, 7) is 3.89. The third-order valence-electron chi connectivity index (χ3n) is 5.41. The molecule has 1 N–H and O–H groups in total. The van der Waals surface area contributed by atoms with E-state index in [9.17, 15) is 9.90 Å². The van der Waals surface area contributed by atoms with Crippen LogP contribution in [0.3, 0.4) is 0 Å². The van der Waals surface area contributed by atoms with Crippen molar-refractivity contribution in [2.75, 3.05) is 19.7 Å². The predicted molar refractivity (Wildman–Crippen MR) is 89.0 cm³/mol. The number of aliphatic hydroxyl groups is 1. The molecule has 24 heavy (non-hydrogen) atoms. The highest BCUT2D eigenvalue weighted by Crippen LogP contribution is 2.35. The molecule has 0 bridgehead atoms. The number of carbonyl (C=O) groups excluding carboxylic acids is 1. The van der Waals surface area contributed by atoms with Gasteiger partial charge in [-0.25, -0.2) is 4.98 Å². The van der Waals surface area contributed by atoms with Crippen molar-refractivity contribution in [1.29, 1.82) is 0 Å². The van der Waals surface area contributed by atoms with Gasteiger partial charge in [0, 0.05) is 32.1 Å². The molecule has 0 saturated carbocycles. The van der Waals surface area contributed by atoms with Gasteiger partial charge in [-0.2, -0.15) is 0 Å². The second-order valence-corrected chi connectivity index (χ2v) is 6.91. The van der Waals surface area contributed by atoms with Gasteiger partial charge in [0.05, 0.1) is 11.7 Å². The first-order chi connectivity index (χ1) is 11.6. The number of aryl methyl sites for hydroxylation is 1. The molecule has 0 aliphatic carbocycles. The average molecular weight is 329 g/mol. The molecule has 128 valence electrons. The number of aliphatic hydroxyl groups excluding tert-OH is 1. The maximum Gasteiger partial charge on any atom is 0.274 e. The minimum absolute atomic E-state index is 0.0433. The van der Waals surface area contributed by atoms with Crippen LogP contribution in [0, 0.1) is 6.92 Å². The standard InChI is InChI=1S/C18H23N3O3/c1-13-4-2-8-21-12-14(19-16(13)21)17(23)20-9-6-18(7-10-20)15(22)5-3-11-24-18/h2,4,8,12,15,22H,3,5-7,9-11H2,1H3/t15-/m1/s1. The van der Waals surface area contributed by atoms with Crippen molar-refractivity contribution < 1.29 is 14.6 Å². The summed E-state index contributed by atoms with van der Waals surface area (Å²) >= 11 is 0. The number of ether oxygens (including phenoxy) is 1. The summed E-state index contributed by atoms with van der Waals surface area (Å²) in [5.41, 5.74) is 1.89. The number of carbonyl (C=O) groups is 1. The van der Waals surface area contributed by atoms with E-state index in [-0.39, 0.29) is 5.91 Å². The fourth-order valence-electron chi connectivity index (χ4n) is 3.90. The van der Waals surface area contributed by atoms with Gasteiger partial charge in [-0.05, 0) is 44.2 Å². The Morgan fingerprint density at radius 1 is 1.42 bits per heavy atom. The van der Waals surface area contributed by atoms with Crippen LogP contribution in [0.25, 0.3) is 5.65 Å². The van der Waals surface area contributed by atoms with Gasteiger partial charge >= 0.3 is 0 Å². The lowest BCUT2D eigenvalue weighted by molar-refractivity contribution is -0.174. The number of hydrogen-bond acceptors (Lipinski definition) is 4. The second kappa shape index (κ2) is 5.86. The Bertz CT molecular complexity index is 762. The number of fused-ring (bicyclic) bond motifs is 1. The lowest BCUT2D eigenvalue weighted by Gasteiger charge is -2.46. The van der Waals surface area contributed by atoms with Gasteiger partial charge < -0.3 is 19.1 Å². The van der Waals surface area contributed by atoms with Crippen LogP contribution in [-0.4, -0.2) is 56.7 Å². The summed E-state index contributed by atoms with van der Waals surface area (Å²) in [7, 11) is 0. The van der Waals surface area contributed by atoms with E-state index >= 15 is 0 Å². The molecule has 4 heterocycles. The number of rotatable bonds is 1. The van der Waals surface area contributed by atoms with Crippen molar-refractivity contribution in [3.05, 3.63) is 35.8 Å². The van der Waals surface area contributed by atoms with E-state index < -0.39 is 11.7 Å². The van der Waals surface area contributed by atoms with E-state index in [1.165, 1.54) is 0 Å². The zero-order valence-corrected chi connectivity index (χ0v) is 13.9. The molecule has 1 spiro atoms. The molecule has 2 aromatic rings. The fourth-order valence-corrected chi connectivity index (χ4v) is 3.90. The van der Waals surface area contributed by atoms with Gasteiger partial charge in [0.2, 0.25) is 0 Å². The van der Waals surface area contributed by atoms with Crippen LogP contribution in [0.2, 0.25) is 0 Å². The molecule has 1 atom stereocenters. The minimum Gasteiger partial charge on any atom is -0.390 e. The monoisotopic (exact) mass is 329 g/mol. The Morgan fingerprint density at radius 2 is 2.21 bits per heavy atom. The molecule has 6 heteroatoms. The minimum atomic E-state index is -0.454. The highest BCUT2D eigenvalue weighted by molar-refractivity contribution is 5.93. The molecule has 0 aromatic carbocycles. The molecule has 1 amide bonds. The quantitative estimate of drug-likeness (QED) is 0.866. The van der Waals surface area contributed by atoms with Crippen LogP contribution < -0.4 is 0 Å². The second-order valence-electron chi connectivity index (χ2n) is 6.91. The summed E-state index contributed by atoms with van der Waals surface area (Å²) in [6.07, 6.45) is 6.36. The van der Waals surface area contributed by atoms with E-state index in [1.807, 2.05) is 34.6 Å². The van der Waals surface area contributed by atoms with E-state index in [4.69, 9.17) is 4.74 Å². The summed E-state index contributed by atoms with van der Waals surface area (Å²) in [4.78, 5) is 19.1. The predicted octanol–water partition coefficient (Wildman–Crippen LogP) is 1.79. The molecular weight excluding hydrogens is 306 g/mol. The van der Waals surface area contributed by atoms with E-state index in [0.29, 0.717) is 38.2 Å². The molecular formula is C18H23N3O3. The molecule has 2 aromatic heterocycles. The number of aromatic nitrogens is 2. The zero-order chi connectivity index (χ0) is 16.7. The maximum atomic E-state index is 12.8. The molecule has 2 aliphatic heterocycles. The first-order valence-corrected chi connectivity index (χ1v) is 8.65. The third kappa shape index (κ3) is 2.50. The molecule has 0 unspecified atom stereocenters. The first-order valence-electron chi connectivity index (χ1n) is 8.65. The van der Waals surface area contributed by atoms with E-state index in [0.717, 1.165) is 24.1 Å². The molecule has 2 aliphatic rings. The van der Waals surface area contributed by atoms with Crippen LogP contribution in [-0.2, 0) is 4.74 Å². The van der Waals surface area contributed by atoms with Crippen LogP contribution in [0.1, 0.15) is 41.7 Å². The average Bonchev–Trinajstić information content (AvgIpc) is 3.03.